The summed E-state index contributed by atoms with van der Waals surface area (Å²) in [5, 5.41) is 9.41. The number of carbonyl (C=O) groups is 1. The normalized spacial score (nSPS) is 11.8. The molecule has 0 saturated heterocycles. The first kappa shape index (κ1) is 15.5. The lowest BCUT2D eigenvalue weighted by atomic mass is 10.1. The van der Waals surface area contributed by atoms with E-state index < -0.39 is 17.7 Å². The maximum Gasteiger partial charge on any atom is 0.417 e. The topological polar surface area (TPSA) is 54.6 Å². The minimum atomic E-state index is -4.56. The first-order valence-electron chi connectivity index (χ1n) is 6.36. The first-order valence-corrected chi connectivity index (χ1v) is 7.15. The lowest BCUT2D eigenvalue weighted by molar-refractivity contribution is -0.137. The van der Waals surface area contributed by atoms with Crippen molar-refractivity contribution < 1.29 is 23.1 Å². The monoisotopic (exact) mass is 384 g/mol. The first-order chi connectivity index (χ1) is 10.8. The summed E-state index contributed by atoms with van der Waals surface area (Å²) in [4.78, 5) is 15.7. The zero-order valence-corrected chi connectivity index (χ0v) is 12.9. The third-order valence-corrected chi connectivity index (χ3v) is 3.79. The molecule has 0 aliphatic carbocycles. The number of rotatable bonds is 2. The molecule has 0 unspecified atom stereocenters. The average molecular weight is 385 g/mol. The Morgan fingerprint density at radius 2 is 1.78 bits per heavy atom. The van der Waals surface area contributed by atoms with Gasteiger partial charge in [-0.05, 0) is 24.3 Å². The largest absolute Gasteiger partial charge is 0.476 e. The van der Waals surface area contributed by atoms with Gasteiger partial charge in [0.2, 0.25) is 0 Å². The second-order valence-corrected chi connectivity index (χ2v) is 5.68. The van der Waals surface area contributed by atoms with Crippen LogP contribution in [0.4, 0.5) is 13.2 Å². The Morgan fingerprint density at radius 1 is 1.13 bits per heavy atom. The highest BCUT2D eigenvalue weighted by molar-refractivity contribution is 9.10. The minimum Gasteiger partial charge on any atom is -0.476 e. The van der Waals surface area contributed by atoms with Crippen molar-refractivity contribution in [2.45, 2.75) is 6.18 Å². The standard InChI is InChI=1S/C15H8BrF3N2O2/c16-10-4-1-8(2-5-10)12-13(14(22)23)21-7-9(15(17,18)19)3-6-11(21)20-12/h1-7H,(H,22,23). The van der Waals surface area contributed by atoms with E-state index >= 15 is 0 Å². The second-order valence-electron chi connectivity index (χ2n) is 4.76. The number of nitrogens with zero attached hydrogens (tertiary/aromatic N) is 2. The molecule has 1 aromatic carbocycles. The Balaban J connectivity index is 2.29. The molecule has 23 heavy (non-hydrogen) atoms. The Hall–Kier alpha value is -2.35. The summed E-state index contributed by atoms with van der Waals surface area (Å²) in [5.74, 6) is -1.35. The van der Waals surface area contributed by atoms with Gasteiger partial charge in [0.1, 0.15) is 11.3 Å². The summed E-state index contributed by atoms with van der Waals surface area (Å²) in [6, 6.07) is 8.71. The summed E-state index contributed by atoms with van der Waals surface area (Å²) < 4.78 is 40.2. The number of halogens is 4. The molecule has 4 nitrogen and oxygen atoms in total. The highest BCUT2D eigenvalue weighted by Gasteiger charge is 2.32. The van der Waals surface area contributed by atoms with Gasteiger partial charge in [-0.1, -0.05) is 28.1 Å². The Morgan fingerprint density at radius 3 is 2.35 bits per heavy atom. The van der Waals surface area contributed by atoms with E-state index in [1.165, 1.54) is 0 Å². The molecule has 2 heterocycles. The molecule has 0 saturated carbocycles. The van der Waals surface area contributed by atoms with Crippen LogP contribution < -0.4 is 0 Å². The molecule has 8 heteroatoms. The SMILES string of the molecule is O=C(O)c1c(-c2ccc(Br)cc2)nc2ccc(C(F)(F)F)cn12. The average Bonchev–Trinajstić information content (AvgIpc) is 2.85. The highest BCUT2D eigenvalue weighted by atomic mass is 79.9. The smallest absolute Gasteiger partial charge is 0.417 e. The number of imidazole rings is 1. The number of hydrogen-bond acceptors (Lipinski definition) is 2. The number of pyridine rings is 1. The van der Waals surface area contributed by atoms with E-state index in [0.717, 1.165) is 27.2 Å². The van der Waals surface area contributed by atoms with Crippen molar-refractivity contribution in [3.8, 4) is 11.3 Å². The Labute approximate surface area is 136 Å². The van der Waals surface area contributed by atoms with Crippen LogP contribution in [0.3, 0.4) is 0 Å². The number of carboxylic acid groups (broad SMARTS) is 1. The molecule has 0 atom stereocenters. The van der Waals surface area contributed by atoms with Gasteiger partial charge >= 0.3 is 12.1 Å². The molecule has 3 aromatic rings. The van der Waals surface area contributed by atoms with Gasteiger partial charge in [-0.3, -0.25) is 4.40 Å². The van der Waals surface area contributed by atoms with Crippen molar-refractivity contribution in [3.05, 3.63) is 58.3 Å². The molecule has 0 fully saturated rings. The van der Waals surface area contributed by atoms with Gasteiger partial charge in [-0.2, -0.15) is 13.2 Å². The van der Waals surface area contributed by atoms with E-state index in [1.54, 1.807) is 24.3 Å². The Kier molecular flexibility index (Phi) is 3.63. The van der Waals surface area contributed by atoms with Crippen LogP contribution in [0, 0.1) is 0 Å². The van der Waals surface area contributed by atoms with E-state index in [4.69, 9.17) is 0 Å². The quantitative estimate of drug-likeness (QED) is 0.708. The molecule has 0 amide bonds. The van der Waals surface area contributed by atoms with E-state index in [1.807, 2.05) is 0 Å². The second kappa shape index (κ2) is 5.38. The minimum absolute atomic E-state index is 0.115. The molecule has 3 rings (SSSR count). The molecule has 0 aliphatic rings. The van der Waals surface area contributed by atoms with Gasteiger partial charge in [-0.15, -0.1) is 0 Å². The van der Waals surface area contributed by atoms with Crippen LogP contribution >= 0.6 is 15.9 Å². The van der Waals surface area contributed by atoms with E-state index in [-0.39, 0.29) is 17.0 Å². The Bertz CT molecular complexity index is 901. The van der Waals surface area contributed by atoms with Crippen molar-refractivity contribution >= 4 is 27.5 Å². The number of hydrogen-bond donors (Lipinski definition) is 1. The number of benzene rings is 1. The fourth-order valence-electron chi connectivity index (χ4n) is 2.23. The summed E-state index contributed by atoms with van der Waals surface area (Å²) >= 11 is 3.26. The predicted molar refractivity (Wildman–Crippen MR) is 80.3 cm³/mol. The van der Waals surface area contributed by atoms with Crippen molar-refractivity contribution in [1.29, 1.82) is 0 Å². The molecule has 0 radical (unpaired) electrons. The summed E-state index contributed by atoms with van der Waals surface area (Å²) in [5.41, 5.74) is -0.499. The van der Waals surface area contributed by atoms with Crippen molar-refractivity contribution in [1.82, 2.24) is 9.38 Å². The number of alkyl halides is 3. The van der Waals surface area contributed by atoms with Crippen LogP contribution in [0.2, 0.25) is 0 Å². The fraction of sp³-hybridized carbons (Fsp3) is 0.0667. The molecular weight excluding hydrogens is 377 g/mol. The molecule has 118 valence electrons. The molecule has 0 spiro atoms. The van der Waals surface area contributed by atoms with Crippen LogP contribution in [-0.2, 0) is 6.18 Å². The lowest BCUT2D eigenvalue weighted by Gasteiger charge is -2.07. The lowest BCUT2D eigenvalue weighted by Crippen LogP contribution is -2.09. The number of carboxylic acids is 1. The number of aromatic carboxylic acids is 1. The third kappa shape index (κ3) is 2.81. The summed E-state index contributed by atoms with van der Waals surface area (Å²) in [6.45, 7) is 0. The van der Waals surface area contributed by atoms with Crippen LogP contribution in [0.25, 0.3) is 16.9 Å². The van der Waals surface area contributed by atoms with E-state index in [0.29, 0.717) is 5.56 Å². The highest BCUT2D eigenvalue weighted by Crippen LogP contribution is 2.31. The van der Waals surface area contributed by atoms with Crippen molar-refractivity contribution in [3.63, 3.8) is 0 Å². The predicted octanol–water partition coefficient (Wildman–Crippen LogP) is 4.48. The van der Waals surface area contributed by atoms with Crippen LogP contribution in [0.5, 0.6) is 0 Å². The molecule has 1 N–H and O–H groups in total. The van der Waals surface area contributed by atoms with Crippen LogP contribution in [0.15, 0.2) is 47.1 Å². The molecule has 2 aromatic heterocycles. The third-order valence-electron chi connectivity index (χ3n) is 3.27. The van der Waals surface area contributed by atoms with Gasteiger partial charge in [0.05, 0.1) is 5.56 Å². The summed E-state index contributed by atoms with van der Waals surface area (Å²) in [6.07, 6.45) is -3.82. The number of aromatic nitrogens is 2. The van der Waals surface area contributed by atoms with Gasteiger partial charge in [0.25, 0.3) is 0 Å². The van der Waals surface area contributed by atoms with Gasteiger partial charge in [0, 0.05) is 16.2 Å². The zero-order chi connectivity index (χ0) is 16.8. The van der Waals surface area contributed by atoms with Crippen LogP contribution in [0.1, 0.15) is 16.1 Å². The maximum atomic E-state index is 12.8. The summed E-state index contributed by atoms with van der Waals surface area (Å²) in [7, 11) is 0. The fourth-order valence-corrected chi connectivity index (χ4v) is 2.49. The van der Waals surface area contributed by atoms with Gasteiger partial charge < -0.3 is 5.11 Å². The van der Waals surface area contributed by atoms with Gasteiger partial charge in [-0.25, -0.2) is 9.78 Å². The number of fused-ring (bicyclic) bond motifs is 1. The van der Waals surface area contributed by atoms with Crippen molar-refractivity contribution in [2.24, 2.45) is 0 Å². The van der Waals surface area contributed by atoms with E-state index in [9.17, 15) is 23.1 Å². The zero-order valence-electron chi connectivity index (χ0n) is 11.3. The molecule has 0 aliphatic heterocycles. The van der Waals surface area contributed by atoms with Crippen LogP contribution in [-0.4, -0.2) is 20.5 Å². The van der Waals surface area contributed by atoms with Crippen molar-refractivity contribution in [2.75, 3.05) is 0 Å². The molecule has 0 bridgehead atoms. The molecular formula is C15H8BrF3N2O2. The maximum absolute atomic E-state index is 12.8. The van der Waals surface area contributed by atoms with E-state index in [2.05, 4.69) is 20.9 Å². The van der Waals surface area contributed by atoms with Gasteiger partial charge in [0.15, 0.2) is 5.69 Å².